The molecule has 1 aliphatic carbocycles. The lowest BCUT2D eigenvalue weighted by Crippen LogP contribution is -2.55. The maximum atomic E-state index is 12.1. The third kappa shape index (κ3) is 3.85. The van der Waals surface area contributed by atoms with Crippen LogP contribution in [0.4, 0.5) is 4.79 Å². The molecule has 108 valence electrons. The first kappa shape index (κ1) is 14.2. The molecule has 2 N–H and O–H groups in total. The Kier molecular flexibility index (Phi) is 4.66. The number of nitrogens with one attached hydrogen (secondary N) is 1. The van der Waals surface area contributed by atoms with Gasteiger partial charge >= 0.3 is 12.0 Å². The van der Waals surface area contributed by atoms with E-state index in [1.165, 1.54) is 24.2 Å². The minimum Gasteiger partial charge on any atom is -0.480 e. The zero-order chi connectivity index (χ0) is 13.8. The monoisotopic (exact) mass is 268 g/mol. The Morgan fingerprint density at radius 2 is 2.05 bits per heavy atom. The summed E-state index contributed by atoms with van der Waals surface area (Å²) in [5.74, 6) is 0.0162. The SMILES string of the molecule is CC1CCCN(C(=O)NCCCC2CC2)C1C(=O)O. The van der Waals surface area contributed by atoms with Gasteiger partial charge in [0.2, 0.25) is 0 Å². The first-order valence-corrected chi connectivity index (χ1v) is 7.37. The van der Waals surface area contributed by atoms with Crippen LogP contribution in [0, 0.1) is 11.8 Å². The molecule has 0 aromatic carbocycles. The Balaban J connectivity index is 1.79. The van der Waals surface area contributed by atoms with E-state index in [4.69, 9.17) is 0 Å². The number of piperidine rings is 1. The molecule has 0 bridgehead atoms. The van der Waals surface area contributed by atoms with Crippen molar-refractivity contribution in [1.82, 2.24) is 10.2 Å². The second-order valence-electron chi connectivity index (χ2n) is 5.91. The van der Waals surface area contributed by atoms with Crippen LogP contribution in [0.1, 0.15) is 45.4 Å². The number of carbonyl (C=O) groups is 2. The van der Waals surface area contributed by atoms with Crippen LogP contribution < -0.4 is 5.32 Å². The van der Waals surface area contributed by atoms with Crippen molar-refractivity contribution >= 4 is 12.0 Å². The second kappa shape index (κ2) is 6.26. The van der Waals surface area contributed by atoms with Gasteiger partial charge in [-0.05, 0) is 37.5 Å². The van der Waals surface area contributed by atoms with Crippen molar-refractivity contribution in [2.75, 3.05) is 13.1 Å². The molecule has 0 radical (unpaired) electrons. The highest BCUT2D eigenvalue weighted by atomic mass is 16.4. The van der Waals surface area contributed by atoms with E-state index in [2.05, 4.69) is 5.32 Å². The van der Waals surface area contributed by atoms with Gasteiger partial charge in [-0.1, -0.05) is 19.8 Å². The average molecular weight is 268 g/mol. The molecule has 1 saturated heterocycles. The molecule has 2 amide bonds. The quantitative estimate of drug-likeness (QED) is 0.750. The summed E-state index contributed by atoms with van der Waals surface area (Å²) >= 11 is 0. The first-order chi connectivity index (χ1) is 9.09. The van der Waals surface area contributed by atoms with Crippen molar-refractivity contribution in [1.29, 1.82) is 0 Å². The van der Waals surface area contributed by atoms with E-state index >= 15 is 0 Å². The number of urea groups is 1. The summed E-state index contributed by atoms with van der Waals surface area (Å²) in [6, 6.07) is -0.882. The molecule has 0 spiro atoms. The maximum absolute atomic E-state index is 12.1. The number of hydrogen-bond donors (Lipinski definition) is 2. The lowest BCUT2D eigenvalue weighted by atomic mass is 9.91. The number of carboxylic acid groups (broad SMARTS) is 1. The molecule has 0 aromatic rings. The molecule has 2 unspecified atom stereocenters. The normalized spacial score (nSPS) is 27.1. The summed E-state index contributed by atoms with van der Waals surface area (Å²) < 4.78 is 0. The molecule has 2 aliphatic rings. The van der Waals surface area contributed by atoms with E-state index < -0.39 is 12.0 Å². The van der Waals surface area contributed by atoms with E-state index in [-0.39, 0.29) is 11.9 Å². The van der Waals surface area contributed by atoms with Gasteiger partial charge in [0.25, 0.3) is 0 Å². The van der Waals surface area contributed by atoms with Gasteiger partial charge in [-0.25, -0.2) is 9.59 Å². The summed E-state index contributed by atoms with van der Waals surface area (Å²) in [5.41, 5.74) is 0. The third-order valence-electron chi connectivity index (χ3n) is 4.21. The fourth-order valence-electron chi connectivity index (χ4n) is 2.89. The number of rotatable bonds is 5. The molecule has 1 saturated carbocycles. The Morgan fingerprint density at radius 3 is 2.68 bits per heavy atom. The molecule has 2 atom stereocenters. The third-order valence-corrected chi connectivity index (χ3v) is 4.21. The van der Waals surface area contributed by atoms with E-state index in [0.717, 1.165) is 25.2 Å². The molecule has 2 fully saturated rings. The van der Waals surface area contributed by atoms with Gasteiger partial charge in [-0.3, -0.25) is 0 Å². The van der Waals surface area contributed by atoms with Crippen LogP contribution in [0.15, 0.2) is 0 Å². The fourth-order valence-corrected chi connectivity index (χ4v) is 2.89. The maximum Gasteiger partial charge on any atom is 0.326 e. The highest BCUT2D eigenvalue weighted by Crippen LogP contribution is 2.33. The molecule has 5 nitrogen and oxygen atoms in total. The first-order valence-electron chi connectivity index (χ1n) is 7.37. The van der Waals surface area contributed by atoms with Crippen molar-refractivity contribution < 1.29 is 14.7 Å². The Hall–Kier alpha value is -1.26. The van der Waals surface area contributed by atoms with Gasteiger partial charge in [-0.2, -0.15) is 0 Å². The zero-order valence-corrected chi connectivity index (χ0v) is 11.6. The molecule has 19 heavy (non-hydrogen) atoms. The van der Waals surface area contributed by atoms with Gasteiger partial charge in [0.1, 0.15) is 6.04 Å². The average Bonchev–Trinajstić information content (AvgIpc) is 3.17. The zero-order valence-electron chi connectivity index (χ0n) is 11.6. The van der Waals surface area contributed by atoms with Crippen molar-refractivity contribution in [2.45, 2.75) is 51.5 Å². The minimum atomic E-state index is -0.889. The number of carboxylic acids is 1. The van der Waals surface area contributed by atoms with Crippen LogP contribution in [0.3, 0.4) is 0 Å². The number of aliphatic carboxylic acids is 1. The predicted molar refractivity (Wildman–Crippen MR) is 71.9 cm³/mol. The smallest absolute Gasteiger partial charge is 0.326 e. The second-order valence-corrected chi connectivity index (χ2v) is 5.91. The Labute approximate surface area is 114 Å². The number of carbonyl (C=O) groups excluding carboxylic acids is 1. The standard InChI is InChI=1S/C14H24N2O3/c1-10-4-3-9-16(12(10)13(17)18)14(19)15-8-2-5-11-6-7-11/h10-12H,2-9H2,1H3,(H,15,19)(H,17,18). The molecular formula is C14H24N2O3. The molecule has 1 heterocycles. The van der Waals surface area contributed by atoms with E-state index in [1.54, 1.807) is 0 Å². The molecule has 1 aliphatic heterocycles. The number of amides is 2. The summed E-state index contributed by atoms with van der Waals surface area (Å²) in [4.78, 5) is 24.8. The largest absolute Gasteiger partial charge is 0.480 e. The van der Waals surface area contributed by atoms with Crippen LogP contribution in [-0.4, -0.2) is 41.1 Å². The lowest BCUT2D eigenvalue weighted by Gasteiger charge is -2.37. The van der Waals surface area contributed by atoms with E-state index in [1.807, 2.05) is 6.92 Å². The fraction of sp³-hybridized carbons (Fsp3) is 0.857. The molecule has 5 heteroatoms. The molecule has 0 aromatic heterocycles. The van der Waals surface area contributed by atoms with Crippen LogP contribution in [0.2, 0.25) is 0 Å². The van der Waals surface area contributed by atoms with Crippen molar-refractivity contribution in [3.63, 3.8) is 0 Å². The number of hydrogen-bond acceptors (Lipinski definition) is 2. The summed E-state index contributed by atoms with van der Waals surface area (Å²) in [6.45, 7) is 3.12. The minimum absolute atomic E-state index is 0.0310. The van der Waals surface area contributed by atoms with Crippen molar-refractivity contribution in [3.8, 4) is 0 Å². The molecule has 2 rings (SSSR count). The summed E-state index contributed by atoms with van der Waals surface area (Å²) in [5, 5.41) is 12.1. The Bertz CT molecular complexity index is 342. The van der Waals surface area contributed by atoms with Crippen LogP contribution in [0.25, 0.3) is 0 Å². The van der Waals surface area contributed by atoms with Gasteiger partial charge < -0.3 is 15.3 Å². The lowest BCUT2D eigenvalue weighted by molar-refractivity contribution is -0.145. The van der Waals surface area contributed by atoms with E-state index in [0.29, 0.717) is 13.1 Å². The van der Waals surface area contributed by atoms with Crippen LogP contribution >= 0.6 is 0 Å². The van der Waals surface area contributed by atoms with Crippen molar-refractivity contribution in [2.24, 2.45) is 11.8 Å². The van der Waals surface area contributed by atoms with Crippen molar-refractivity contribution in [3.05, 3.63) is 0 Å². The van der Waals surface area contributed by atoms with E-state index in [9.17, 15) is 14.7 Å². The van der Waals surface area contributed by atoms with Crippen LogP contribution in [-0.2, 0) is 4.79 Å². The highest BCUT2D eigenvalue weighted by Gasteiger charge is 2.36. The number of likely N-dealkylation sites (tertiary alicyclic amines) is 1. The van der Waals surface area contributed by atoms with Gasteiger partial charge in [0.15, 0.2) is 0 Å². The topological polar surface area (TPSA) is 69.6 Å². The summed E-state index contributed by atoms with van der Waals surface area (Å²) in [6.07, 6.45) is 6.61. The van der Waals surface area contributed by atoms with Gasteiger partial charge in [0, 0.05) is 13.1 Å². The molecular weight excluding hydrogens is 244 g/mol. The highest BCUT2D eigenvalue weighted by molar-refractivity contribution is 5.83. The predicted octanol–water partition coefficient (Wildman–Crippen LogP) is 2.07. The van der Waals surface area contributed by atoms with Gasteiger partial charge in [-0.15, -0.1) is 0 Å². The summed E-state index contributed by atoms with van der Waals surface area (Å²) in [7, 11) is 0. The van der Waals surface area contributed by atoms with Gasteiger partial charge in [0.05, 0.1) is 0 Å². The Morgan fingerprint density at radius 1 is 1.32 bits per heavy atom. The van der Waals surface area contributed by atoms with Crippen LogP contribution in [0.5, 0.6) is 0 Å². The number of nitrogens with zero attached hydrogens (tertiary/aromatic N) is 1.